The van der Waals surface area contributed by atoms with Crippen LogP contribution >= 0.6 is 0 Å². The first kappa shape index (κ1) is 13.3. The largest absolute Gasteiger partial charge is 0.481 e. The molecule has 5 heteroatoms. The Hall–Kier alpha value is -1.10. The fraction of sp³-hybridized carbons (Fsp3) is 0.846. The van der Waals surface area contributed by atoms with Crippen molar-refractivity contribution < 1.29 is 19.4 Å². The Morgan fingerprint density at radius 3 is 2.28 bits per heavy atom. The van der Waals surface area contributed by atoms with Gasteiger partial charge in [-0.15, -0.1) is 0 Å². The second kappa shape index (κ2) is 3.95. The molecule has 0 spiro atoms. The molecule has 0 radical (unpaired) electrons. The van der Waals surface area contributed by atoms with Gasteiger partial charge in [0.25, 0.3) is 0 Å². The summed E-state index contributed by atoms with van der Waals surface area (Å²) in [4.78, 5) is 22.6. The molecule has 102 valence electrons. The Morgan fingerprint density at radius 1 is 1.28 bits per heavy atom. The summed E-state index contributed by atoms with van der Waals surface area (Å²) in [6.07, 6.45) is 1.24. The van der Waals surface area contributed by atoms with Crippen molar-refractivity contribution >= 4 is 11.9 Å². The average molecular weight is 255 g/mol. The lowest BCUT2D eigenvalue weighted by molar-refractivity contribution is -0.182. The third kappa shape index (κ3) is 1.81. The van der Waals surface area contributed by atoms with Gasteiger partial charge in [-0.3, -0.25) is 9.59 Å². The minimum Gasteiger partial charge on any atom is -0.481 e. The first-order valence-electron chi connectivity index (χ1n) is 6.31. The summed E-state index contributed by atoms with van der Waals surface area (Å²) in [5.41, 5.74) is -0.355. The van der Waals surface area contributed by atoms with E-state index in [1.54, 1.807) is 7.11 Å². The van der Waals surface area contributed by atoms with E-state index >= 15 is 0 Å². The molecule has 2 fully saturated rings. The monoisotopic (exact) mass is 255 g/mol. The van der Waals surface area contributed by atoms with Crippen molar-refractivity contribution in [3.63, 3.8) is 0 Å². The molecule has 0 aromatic carbocycles. The molecule has 0 bridgehead atoms. The van der Waals surface area contributed by atoms with E-state index in [1.807, 2.05) is 6.92 Å². The minimum absolute atomic E-state index is 0.0602. The van der Waals surface area contributed by atoms with Crippen molar-refractivity contribution in [1.29, 1.82) is 0 Å². The molecule has 0 heterocycles. The van der Waals surface area contributed by atoms with E-state index in [2.05, 4.69) is 19.2 Å². The quantitative estimate of drug-likeness (QED) is 0.786. The van der Waals surface area contributed by atoms with Crippen molar-refractivity contribution in [2.75, 3.05) is 7.11 Å². The molecule has 5 nitrogen and oxygen atoms in total. The van der Waals surface area contributed by atoms with E-state index in [0.29, 0.717) is 6.42 Å². The van der Waals surface area contributed by atoms with Gasteiger partial charge in [0.1, 0.15) is 0 Å². The summed E-state index contributed by atoms with van der Waals surface area (Å²) in [6, 6.07) is 0.0602. The highest BCUT2D eigenvalue weighted by Gasteiger charge is 2.59. The SMILES string of the molecule is CO[C@]1(C)C[C@H](NC(=O)[C@@H]2C[C@@H]2C(=O)O)C1(C)C. The maximum absolute atomic E-state index is 11.9. The van der Waals surface area contributed by atoms with E-state index < -0.39 is 11.9 Å². The average Bonchev–Trinajstić information content (AvgIpc) is 3.07. The van der Waals surface area contributed by atoms with Crippen LogP contribution in [0.2, 0.25) is 0 Å². The molecule has 0 aromatic rings. The molecule has 2 rings (SSSR count). The van der Waals surface area contributed by atoms with Crippen LogP contribution in [0.1, 0.15) is 33.6 Å². The lowest BCUT2D eigenvalue weighted by atomic mass is 9.56. The van der Waals surface area contributed by atoms with Crippen molar-refractivity contribution in [1.82, 2.24) is 5.32 Å². The Bertz CT molecular complexity index is 392. The van der Waals surface area contributed by atoms with Crippen molar-refractivity contribution in [2.45, 2.75) is 45.3 Å². The van der Waals surface area contributed by atoms with E-state index in [4.69, 9.17) is 9.84 Å². The van der Waals surface area contributed by atoms with E-state index in [-0.39, 0.29) is 28.9 Å². The van der Waals surface area contributed by atoms with Gasteiger partial charge in [-0.05, 0) is 19.8 Å². The highest BCUT2D eigenvalue weighted by molar-refractivity contribution is 5.89. The van der Waals surface area contributed by atoms with Crippen molar-refractivity contribution in [3.8, 4) is 0 Å². The molecular formula is C13H21NO4. The lowest BCUT2D eigenvalue weighted by Crippen LogP contribution is -2.68. The number of carboxylic acids is 1. The van der Waals surface area contributed by atoms with Crippen LogP contribution in [-0.2, 0) is 14.3 Å². The third-order valence-electron chi connectivity index (χ3n) is 5.04. The molecule has 0 saturated heterocycles. The number of methoxy groups -OCH3 is 1. The van der Waals surface area contributed by atoms with Gasteiger partial charge < -0.3 is 15.2 Å². The molecule has 0 unspecified atom stereocenters. The van der Waals surface area contributed by atoms with Crippen molar-refractivity contribution in [3.05, 3.63) is 0 Å². The van der Waals surface area contributed by atoms with Gasteiger partial charge in [0.15, 0.2) is 0 Å². The van der Waals surface area contributed by atoms with Crippen LogP contribution < -0.4 is 5.32 Å². The zero-order chi connectivity index (χ0) is 13.7. The fourth-order valence-electron chi connectivity index (χ4n) is 2.76. The predicted octanol–water partition coefficient (Wildman–Crippen LogP) is 1.03. The minimum atomic E-state index is -0.871. The molecule has 2 saturated carbocycles. The summed E-state index contributed by atoms with van der Waals surface area (Å²) in [5.74, 6) is -1.82. The Labute approximate surface area is 107 Å². The van der Waals surface area contributed by atoms with Gasteiger partial charge in [0.05, 0.1) is 17.4 Å². The molecule has 4 atom stereocenters. The summed E-state index contributed by atoms with van der Waals surface area (Å²) >= 11 is 0. The van der Waals surface area contributed by atoms with Gasteiger partial charge >= 0.3 is 5.97 Å². The summed E-state index contributed by atoms with van der Waals surface area (Å²) in [5, 5.41) is 11.8. The standard InChI is InChI=1S/C13H21NO4/c1-12(2)9(6-13(12,3)18-4)14-10(15)7-5-8(7)11(16)17/h7-9H,5-6H2,1-4H3,(H,14,15)(H,16,17)/t7-,8+,9+,13-/m1/s1. The Morgan fingerprint density at radius 2 is 1.89 bits per heavy atom. The highest BCUT2D eigenvalue weighted by Crippen LogP contribution is 2.52. The first-order valence-corrected chi connectivity index (χ1v) is 6.31. The van der Waals surface area contributed by atoms with E-state index in [1.165, 1.54) is 0 Å². The number of amides is 1. The number of hydrogen-bond acceptors (Lipinski definition) is 3. The van der Waals surface area contributed by atoms with E-state index in [9.17, 15) is 9.59 Å². The third-order valence-corrected chi connectivity index (χ3v) is 5.04. The second-order valence-electron chi connectivity index (χ2n) is 6.21. The maximum atomic E-state index is 11.9. The van der Waals surface area contributed by atoms with E-state index in [0.717, 1.165) is 6.42 Å². The van der Waals surface area contributed by atoms with Crippen LogP contribution in [-0.4, -0.2) is 35.7 Å². The normalized spacial score (nSPS) is 40.8. The van der Waals surface area contributed by atoms with Gasteiger partial charge in [0.2, 0.25) is 5.91 Å². The van der Waals surface area contributed by atoms with Crippen LogP contribution in [0.3, 0.4) is 0 Å². The molecule has 0 aliphatic heterocycles. The Kier molecular flexibility index (Phi) is 2.93. The number of aliphatic carboxylic acids is 1. The molecule has 0 aromatic heterocycles. The number of ether oxygens (including phenoxy) is 1. The molecule has 2 N–H and O–H groups in total. The lowest BCUT2D eigenvalue weighted by Gasteiger charge is -2.59. The Balaban J connectivity index is 1.90. The first-order chi connectivity index (χ1) is 8.23. The van der Waals surface area contributed by atoms with Crippen LogP contribution in [0.15, 0.2) is 0 Å². The summed E-state index contributed by atoms with van der Waals surface area (Å²) in [7, 11) is 1.68. The van der Waals surface area contributed by atoms with Gasteiger partial charge in [0, 0.05) is 18.6 Å². The maximum Gasteiger partial charge on any atom is 0.307 e. The number of carbonyl (C=O) groups is 2. The molecule has 2 aliphatic carbocycles. The molecule has 1 amide bonds. The zero-order valence-corrected chi connectivity index (χ0v) is 11.3. The number of rotatable bonds is 4. The zero-order valence-electron chi connectivity index (χ0n) is 11.3. The molecule has 18 heavy (non-hydrogen) atoms. The number of carbonyl (C=O) groups excluding carboxylic acids is 1. The smallest absolute Gasteiger partial charge is 0.307 e. The van der Waals surface area contributed by atoms with Crippen LogP contribution in [0.25, 0.3) is 0 Å². The molecular weight excluding hydrogens is 234 g/mol. The number of nitrogens with one attached hydrogen (secondary N) is 1. The summed E-state index contributed by atoms with van der Waals surface area (Å²) < 4.78 is 5.49. The number of hydrogen-bond donors (Lipinski definition) is 2. The molecule has 2 aliphatic rings. The second-order valence-corrected chi connectivity index (χ2v) is 6.21. The highest BCUT2D eigenvalue weighted by atomic mass is 16.5. The predicted molar refractivity (Wildman–Crippen MR) is 65.0 cm³/mol. The van der Waals surface area contributed by atoms with Crippen molar-refractivity contribution in [2.24, 2.45) is 17.3 Å². The summed E-state index contributed by atoms with van der Waals surface area (Å²) in [6.45, 7) is 6.16. The van der Waals surface area contributed by atoms with Gasteiger partial charge in [-0.25, -0.2) is 0 Å². The van der Waals surface area contributed by atoms with Crippen LogP contribution in [0.4, 0.5) is 0 Å². The van der Waals surface area contributed by atoms with Gasteiger partial charge in [-0.2, -0.15) is 0 Å². The topological polar surface area (TPSA) is 75.6 Å². The van der Waals surface area contributed by atoms with Crippen LogP contribution in [0.5, 0.6) is 0 Å². The fourth-order valence-corrected chi connectivity index (χ4v) is 2.76. The van der Waals surface area contributed by atoms with Crippen LogP contribution in [0, 0.1) is 17.3 Å². The number of carboxylic acid groups (broad SMARTS) is 1. The van der Waals surface area contributed by atoms with Gasteiger partial charge in [-0.1, -0.05) is 13.8 Å².